The molecule has 1 heteroatoms. The minimum Gasteiger partial charge on any atom is -0.299 e. The highest BCUT2D eigenvalue weighted by Crippen LogP contribution is 2.23. The van der Waals surface area contributed by atoms with E-state index in [4.69, 9.17) is 0 Å². The normalized spacial score (nSPS) is 14.2. The first-order valence-electron chi connectivity index (χ1n) is 6.30. The predicted octanol–water partition coefficient (Wildman–Crippen LogP) is 3.33. The highest BCUT2D eigenvalue weighted by molar-refractivity contribution is 5.80. The highest BCUT2D eigenvalue weighted by Gasteiger charge is 2.12. The first kappa shape index (κ1) is 11.4. The second-order valence-corrected chi connectivity index (χ2v) is 5.08. The van der Waals surface area contributed by atoms with Crippen LogP contribution in [0, 0.1) is 5.92 Å². The lowest BCUT2D eigenvalue weighted by molar-refractivity contribution is -0.121. The van der Waals surface area contributed by atoms with Crippen molar-refractivity contribution < 1.29 is 4.79 Å². The number of ketones is 1. The van der Waals surface area contributed by atoms with Crippen LogP contribution in [0.2, 0.25) is 0 Å². The van der Waals surface area contributed by atoms with Crippen molar-refractivity contribution in [1.82, 2.24) is 0 Å². The van der Waals surface area contributed by atoms with Gasteiger partial charge < -0.3 is 0 Å². The summed E-state index contributed by atoms with van der Waals surface area (Å²) in [6, 6.07) is 6.74. The zero-order valence-electron chi connectivity index (χ0n) is 10.3. The molecule has 1 aromatic carbocycles. The van der Waals surface area contributed by atoms with Crippen molar-refractivity contribution >= 4 is 5.78 Å². The maximum atomic E-state index is 11.5. The van der Waals surface area contributed by atoms with E-state index in [2.05, 4.69) is 18.2 Å². The van der Waals surface area contributed by atoms with Crippen molar-refractivity contribution in [2.75, 3.05) is 0 Å². The number of carbonyl (C=O) groups excluding carboxylic acids is 1. The summed E-state index contributed by atoms with van der Waals surface area (Å²) < 4.78 is 0. The third-order valence-electron chi connectivity index (χ3n) is 3.47. The molecule has 1 aliphatic rings. The Morgan fingerprint density at radius 3 is 2.75 bits per heavy atom. The van der Waals surface area contributed by atoms with Crippen LogP contribution < -0.4 is 0 Å². The molecule has 0 heterocycles. The van der Waals surface area contributed by atoms with E-state index in [0.717, 1.165) is 6.42 Å². The van der Waals surface area contributed by atoms with Gasteiger partial charge in [0.2, 0.25) is 0 Å². The Hall–Kier alpha value is -1.11. The molecule has 2 rings (SSSR count). The van der Waals surface area contributed by atoms with Crippen LogP contribution in [-0.4, -0.2) is 5.78 Å². The Bertz CT molecular complexity index is 390. The predicted molar refractivity (Wildman–Crippen MR) is 66.6 cm³/mol. The quantitative estimate of drug-likeness (QED) is 0.754. The summed E-state index contributed by atoms with van der Waals surface area (Å²) in [5.41, 5.74) is 4.35. The average molecular weight is 216 g/mol. The smallest absolute Gasteiger partial charge is 0.135 e. The fourth-order valence-electron chi connectivity index (χ4n) is 2.34. The van der Waals surface area contributed by atoms with E-state index in [1.165, 1.54) is 36.0 Å². The molecule has 0 fully saturated rings. The molecule has 1 aliphatic carbocycles. The van der Waals surface area contributed by atoms with Gasteiger partial charge in [0.05, 0.1) is 0 Å². The Kier molecular flexibility index (Phi) is 3.42. The molecule has 0 atom stereocenters. The van der Waals surface area contributed by atoms with Crippen LogP contribution in [-0.2, 0) is 24.1 Å². The number of fused-ring (bicyclic) bond motifs is 1. The average Bonchev–Trinajstić information content (AvgIpc) is 2.72. The first-order valence-corrected chi connectivity index (χ1v) is 6.30. The molecule has 16 heavy (non-hydrogen) atoms. The molecule has 0 bridgehead atoms. The van der Waals surface area contributed by atoms with Gasteiger partial charge in [-0.2, -0.15) is 0 Å². The van der Waals surface area contributed by atoms with Crippen LogP contribution in [0.15, 0.2) is 18.2 Å². The van der Waals surface area contributed by atoms with E-state index < -0.39 is 0 Å². The van der Waals surface area contributed by atoms with Gasteiger partial charge in [-0.1, -0.05) is 32.0 Å². The summed E-state index contributed by atoms with van der Waals surface area (Å²) in [5, 5.41) is 0. The molecule has 0 saturated heterocycles. The van der Waals surface area contributed by atoms with E-state index in [-0.39, 0.29) is 5.92 Å². The van der Waals surface area contributed by atoms with Gasteiger partial charge in [-0.05, 0) is 42.4 Å². The zero-order valence-corrected chi connectivity index (χ0v) is 10.3. The number of rotatable bonds is 4. The molecule has 1 aromatic rings. The van der Waals surface area contributed by atoms with Gasteiger partial charge in [0, 0.05) is 12.3 Å². The largest absolute Gasteiger partial charge is 0.299 e. The molecule has 0 aliphatic heterocycles. The van der Waals surface area contributed by atoms with Crippen LogP contribution in [0.4, 0.5) is 0 Å². The van der Waals surface area contributed by atoms with E-state index in [1.807, 2.05) is 13.8 Å². The summed E-state index contributed by atoms with van der Waals surface area (Å²) in [6.07, 6.45) is 5.35. The van der Waals surface area contributed by atoms with Gasteiger partial charge in [-0.3, -0.25) is 4.79 Å². The maximum absolute atomic E-state index is 11.5. The Morgan fingerprint density at radius 1 is 1.25 bits per heavy atom. The minimum absolute atomic E-state index is 0.175. The van der Waals surface area contributed by atoms with Crippen molar-refractivity contribution in [3.63, 3.8) is 0 Å². The Morgan fingerprint density at radius 2 is 2.00 bits per heavy atom. The monoisotopic (exact) mass is 216 g/mol. The van der Waals surface area contributed by atoms with Crippen molar-refractivity contribution in [3.05, 3.63) is 34.9 Å². The first-order chi connectivity index (χ1) is 7.66. The van der Waals surface area contributed by atoms with Gasteiger partial charge in [-0.25, -0.2) is 0 Å². The molecule has 0 saturated carbocycles. The summed E-state index contributed by atoms with van der Waals surface area (Å²) >= 11 is 0. The summed E-state index contributed by atoms with van der Waals surface area (Å²) in [4.78, 5) is 11.5. The van der Waals surface area contributed by atoms with Crippen LogP contribution >= 0.6 is 0 Å². The lowest BCUT2D eigenvalue weighted by atomic mass is 9.99. The molecule has 1 nitrogen and oxygen atoms in total. The fraction of sp³-hybridized carbons (Fsp3) is 0.533. The zero-order chi connectivity index (χ0) is 11.5. The minimum atomic E-state index is 0.175. The van der Waals surface area contributed by atoms with Crippen LogP contribution in [0.25, 0.3) is 0 Å². The molecule has 86 valence electrons. The molecule has 0 aromatic heterocycles. The van der Waals surface area contributed by atoms with E-state index >= 15 is 0 Å². The molecular formula is C15H20O. The van der Waals surface area contributed by atoms with Crippen molar-refractivity contribution in [1.29, 1.82) is 0 Å². The van der Waals surface area contributed by atoms with Gasteiger partial charge in [0.1, 0.15) is 5.78 Å². The Labute approximate surface area is 97.9 Å². The van der Waals surface area contributed by atoms with E-state index in [0.29, 0.717) is 12.2 Å². The van der Waals surface area contributed by atoms with Crippen molar-refractivity contribution in [3.8, 4) is 0 Å². The number of Topliss-reactive ketones (excluding diaryl/α,β-unsaturated/α-hetero) is 1. The van der Waals surface area contributed by atoms with E-state index in [9.17, 15) is 4.79 Å². The number of aryl methyl sites for hydroxylation is 3. The summed E-state index contributed by atoms with van der Waals surface area (Å²) in [5.74, 6) is 0.551. The van der Waals surface area contributed by atoms with Crippen LogP contribution in [0.5, 0.6) is 0 Å². The summed E-state index contributed by atoms with van der Waals surface area (Å²) in [6.45, 7) is 3.95. The molecule has 0 unspecified atom stereocenters. The Balaban J connectivity index is 1.98. The fourth-order valence-corrected chi connectivity index (χ4v) is 2.34. The topological polar surface area (TPSA) is 17.1 Å². The molecule has 0 N–H and O–H groups in total. The number of carbonyl (C=O) groups is 1. The van der Waals surface area contributed by atoms with Gasteiger partial charge in [0.15, 0.2) is 0 Å². The number of hydrogen-bond donors (Lipinski definition) is 0. The number of hydrogen-bond acceptors (Lipinski definition) is 1. The van der Waals surface area contributed by atoms with Crippen LogP contribution in [0.3, 0.4) is 0 Å². The SMILES string of the molecule is CC(C)C(=O)CCc1ccc2c(c1)CCC2. The maximum Gasteiger partial charge on any atom is 0.135 e. The van der Waals surface area contributed by atoms with Gasteiger partial charge in [0.25, 0.3) is 0 Å². The summed E-state index contributed by atoms with van der Waals surface area (Å²) in [7, 11) is 0. The van der Waals surface area contributed by atoms with E-state index in [1.54, 1.807) is 0 Å². The highest BCUT2D eigenvalue weighted by atomic mass is 16.1. The second-order valence-electron chi connectivity index (χ2n) is 5.08. The van der Waals surface area contributed by atoms with Crippen LogP contribution in [0.1, 0.15) is 43.4 Å². The van der Waals surface area contributed by atoms with Gasteiger partial charge in [-0.15, -0.1) is 0 Å². The van der Waals surface area contributed by atoms with Crippen molar-refractivity contribution in [2.24, 2.45) is 5.92 Å². The van der Waals surface area contributed by atoms with Crippen molar-refractivity contribution in [2.45, 2.75) is 46.0 Å². The molecular weight excluding hydrogens is 196 g/mol. The lowest BCUT2D eigenvalue weighted by Gasteiger charge is -2.06. The number of benzene rings is 1. The molecule has 0 radical (unpaired) electrons. The van der Waals surface area contributed by atoms with Gasteiger partial charge >= 0.3 is 0 Å². The lowest BCUT2D eigenvalue weighted by Crippen LogP contribution is -2.07. The third-order valence-corrected chi connectivity index (χ3v) is 3.47. The molecule has 0 spiro atoms. The molecule has 0 amide bonds. The standard InChI is InChI=1S/C15H20O/c1-11(2)15(16)9-7-12-6-8-13-4-3-5-14(13)10-12/h6,8,10-11H,3-5,7,9H2,1-2H3. The second kappa shape index (κ2) is 4.82. The third kappa shape index (κ3) is 2.52.